The van der Waals surface area contributed by atoms with Gasteiger partial charge in [-0.3, -0.25) is 9.69 Å². The van der Waals surface area contributed by atoms with Gasteiger partial charge >= 0.3 is 12.1 Å². The lowest BCUT2D eigenvalue weighted by Crippen LogP contribution is -2.65. The van der Waals surface area contributed by atoms with Crippen molar-refractivity contribution >= 4 is 12.1 Å². The molecule has 2 fully saturated rings. The number of nitrogens with zero attached hydrogens (tertiary/aromatic N) is 1. The molecule has 2 saturated heterocycles. The molecule has 0 radical (unpaired) electrons. The van der Waals surface area contributed by atoms with Crippen LogP contribution in [0.15, 0.2) is 12.7 Å². The topological polar surface area (TPSA) is 76.1 Å². The Morgan fingerprint density at radius 2 is 2.29 bits per heavy atom. The number of hydrogen-bond donors (Lipinski definition) is 1. The summed E-state index contributed by atoms with van der Waals surface area (Å²) in [4.78, 5) is 24.4. The van der Waals surface area contributed by atoms with E-state index in [4.69, 9.17) is 14.6 Å². The first-order chi connectivity index (χ1) is 8.12. The number of likely N-dealkylation sites (tertiary alicyclic amines) is 1. The number of carbonyl (C=O) groups is 2. The van der Waals surface area contributed by atoms with Gasteiger partial charge in [-0.1, -0.05) is 12.7 Å². The number of carboxylic acids is 1. The predicted molar refractivity (Wildman–Crippen MR) is 57.5 cm³/mol. The summed E-state index contributed by atoms with van der Waals surface area (Å²) >= 11 is 0. The van der Waals surface area contributed by atoms with E-state index in [1.54, 1.807) is 0 Å². The third-order valence-corrected chi connectivity index (χ3v) is 3.37. The maximum absolute atomic E-state index is 11.8. The lowest BCUT2D eigenvalue weighted by atomic mass is 9.83. The van der Waals surface area contributed by atoms with Gasteiger partial charge in [0.25, 0.3) is 0 Å². The number of carbonyl (C=O) groups excluding carboxylic acids is 1. The molecule has 0 saturated carbocycles. The molecule has 2 heterocycles. The Morgan fingerprint density at radius 1 is 1.59 bits per heavy atom. The minimum absolute atomic E-state index is 0.129. The summed E-state index contributed by atoms with van der Waals surface area (Å²) in [6.45, 7) is 4.53. The summed E-state index contributed by atoms with van der Waals surface area (Å²) in [5, 5.41) is 9.14. The van der Waals surface area contributed by atoms with Crippen molar-refractivity contribution in [3.05, 3.63) is 12.7 Å². The molecule has 2 aliphatic rings. The Kier molecular flexibility index (Phi) is 3.06. The monoisotopic (exact) mass is 241 g/mol. The largest absolute Gasteiger partial charge is 0.481 e. The van der Waals surface area contributed by atoms with Gasteiger partial charge in [0.1, 0.15) is 12.1 Å². The highest BCUT2D eigenvalue weighted by Gasteiger charge is 2.59. The molecule has 0 bridgehead atoms. The summed E-state index contributed by atoms with van der Waals surface area (Å²) in [6, 6.07) is 0. The zero-order valence-electron chi connectivity index (χ0n) is 9.42. The zero-order chi connectivity index (χ0) is 12.5. The molecule has 6 heteroatoms. The molecule has 1 atom stereocenters. The fraction of sp³-hybridized carbons (Fsp3) is 0.636. The van der Waals surface area contributed by atoms with Crippen LogP contribution in [-0.2, 0) is 14.3 Å². The van der Waals surface area contributed by atoms with Gasteiger partial charge in [0.15, 0.2) is 0 Å². The quantitative estimate of drug-likeness (QED) is 0.727. The molecular formula is C11H15NO5. The van der Waals surface area contributed by atoms with Gasteiger partial charge in [0.2, 0.25) is 0 Å². The fourth-order valence-electron chi connectivity index (χ4n) is 2.44. The highest BCUT2D eigenvalue weighted by molar-refractivity contribution is 5.77. The van der Waals surface area contributed by atoms with Gasteiger partial charge in [-0.25, -0.2) is 4.79 Å². The number of rotatable bonds is 3. The van der Waals surface area contributed by atoms with E-state index in [-0.39, 0.29) is 19.8 Å². The minimum Gasteiger partial charge on any atom is -0.481 e. The van der Waals surface area contributed by atoms with E-state index in [0.29, 0.717) is 13.0 Å². The number of ether oxygens (including phenoxy) is 2. The summed E-state index contributed by atoms with van der Waals surface area (Å²) in [5.41, 5.74) is -0.704. The standard InChI is InChI=1S/C11H15NO5/c1-2-5-17-10(15)12-4-3-8(9(13)14)11(12)6-16-7-11/h2,8H,1,3-7H2,(H,13,14). The van der Waals surface area contributed by atoms with Crippen LogP contribution < -0.4 is 0 Å². The molecule has 1 N–H and O–H groups in total. The molecule has 2 aliphatic heterocycles. The number of carboxylic acid groups (broad SMARTS) is 1. The van der Waals surface area contributed by atoms with Gasteiger partial charge in [-0.05, 0) is 6.42 Å². The van der Waals surface area contributed by atoms with E-state index in [9.17, 15) is 9.59 Å². The molecule has 0 aliphatic carbocycles. The smallest absolute Gasteiger partial charge is 0.410 e. The van der Waals surface area contributed by atoms with Gasteiger partial charge in [0, 0.05) is 6.54 Å². The number of aliphatic carboxylic acids is 1. The lowest BCUT2D eigenvalue weighted by Gasteiger charge is -2.46. The fourth-order valence-corrected chi connectivity index (χ4v) is 2.44. The molecule has 0 aromatic carbocycles. The molecule has 1 unspecified atom stereocenters. The van der Waals surface area contributed by atoms with Crippen molar-refractivity contribution in [2.45, 2.75) is 12.0 Å². The normalized spacial score (nSPS) is 25.4. The van der Waals surface area contributed by atoms with Crippen molar-refractivity contribution in [3.63, 3.8) is 0 Å². The molecule has 1 spiro atoms. The van der Waals surface area contributed by atoms with Crippen molar-refractivity contribution in [2.75, 3.05) is 26.4 Å². The average molecular weight is 241 g/mol. The van der Waals surface area contributed by atoms with E-state index in [1.165, 1.54) is 11.0 Å². The van der Waals surface area contributed by atoms with E-state index >= 15 is 0 Å². The van der Waals surface area contributed by atoms with Gasteiger partial charge in [-0.15, -0.1) is 0 Å². The molecular weight excluding hydrogens is 226 g/mol. The number of hydrogen-bond acceptors (Lipinski definition) is 4. The van der Waals surface area contributed by atoms with Crippen molar-refractivity contribution in [2.24, 2.45) is 5.92 Å². The molecule has 17 heavy (non-hydrogen) atoms. The third-order valence-electron chi connectivity index (χ3n) is 3.37. The van der Waals surface area contributed by atoms with Crippen LogP contribution in [0.4, 0.5) is 4.79 Å². The van der Waals surface area contributed by atoms with Crippen LogP contribution in [0.2, 0.25) is 0 Å². The molecule has 0 aromatic rings. The highest BCUT2D eigenvalue weighted by Crippen LogP contribution is 2.41. The van der Waals surface area contributed by atoms with Gasteiger partial charge < -0.3 is 14.6 Å². The molecule has 0 aromatic heterocycles. The molecule has 2 rings (SSSR count). The predicted octanol–water partition coefficient (Wildman–Crippen LogP) is 0.485. The summed E-state index contributed by atoms with van der Waals surface area (Å²) in [6.07, 6.45) is 1.44. The van der Waals surface area contributed by atoms with E-state index < -0.39 is 23.5 Å². The molecule has 1 amide bonds. The van der Waals surface area contributed by atoms with E-state index in [2.05, 4.69) is 6.58 Å². The maximum atomic E-state index is 11.8. The Balaban J connectivity index is 2.11. The summed E-state index contributed by atoms with van der Waals surface area (Å²) in [7, 11) is 0. The maximum Gasteiger partial charge on any atom is 0.410 e. The second-order valence-electron chi connectivity index (χ2n) is 4.29. The van der Waals surface area contributed by atoms with Crippen LogP contribution in [0.25, 0.3) is 0 Å². The van der Waals surface area contributed by atoms with E-state index in [0.717, 1.165) is 0 Å². The lowest BCUT2D eigenvalue weighted by molar-refractivity contribution is -0.165. The van der Waals surface area contributed by atoms with Gasteiger partial charge in [0.05, 0.1) is 19.1 Å². The Hall–Kier alpha value is -1.56. The molecule has 6 nitrogen and oxygen atoms in total. The Bertz CT molecular complexity index is 350. The van der Waals surface area contributed by atoms with Crippen molar-refractivity contribution in [3.8, 4) is 0 Å². The summed E-state index contributed by atoms with van der Waals surface area (Å²) < 4.78 is 10.0. The second-order valence-corrected chi connectivity index (χ2v) is 4.29. The third kappa shape index (κ3) is 1.78. The average Bonchev–Trinajstić information content (AvgIpc) is 2.65. The zero-order valence-corrected chi connectivity index (χ0v) is 9.42. The van der Waals surface area contributed by atoms with Crippen LogP contribution in [0.5, 0.6) is 0 Å². The van der Waals surface area contributed by atoms with Crippen molar-refractivity contribution < 1.29 is 24.2 Å². The van der Waals surface area contributed by atoms with Crippen LogP contribution in [-0.4, -0.2) is 54.0 Å². The summed E-state index contributed by atoms with van der Waals surface area (Å²) in [5.74, 6) is -1.44. The minimum atomic E-state index is -0.882. The van der Waals surface area contributed by atoms with Crippen molar-refractivity contribution in [1.82, 2.24) is 4.90 Å². The van der Waals surface area contributed by atoms with Crippen LogP contribution in [0, 0.1) is 5.92 Å². The molecule has 94 valence electrons. The first-order valence-electron chi connectivity index (χ1n) is 5.47. The first kappa shape index (κ1) is 11.9. The Labute approximate surface area is 98.8 Å². The van der Waals surface area contributed by atoms with Crippen LogP contribution in [0.3, 0.4) is 0 Å². The first-order valence-corrected chi connectivity index (χ1v) is 5.47. The highest BCUT2D eigenvalue weighted by atomic mass is 16.6. The number of amides is 1. The van der Waals surface area contributed by atoms with Crippen LogP contribution >= 0.6 is 0 Å². The Morgan fingerprint density at radius 3 is 2.76 bits per heavy atom. The SMILES string of the molecule is C=CCOC(=O)N1CCC(C(=O)O)C12COC2. The van der Waals surface area contributed by atoms with Gasteiger partial charge in [-0.2, -0.15) is 0 Å². The van der Waals surface area contributed by atoms with E-state index in [1.807, 2.05) is 0 Å². The van der Waals surface area contributed by atoms with Crippen molar-refractivity contribution in [1.29, 1.82) is 0 Å². The second kappa shape index (κ2) is 4.37. The van der Waals surface area contributed by atoms with Crippen LogP contribution in [0.1, 0.15) is 6.42 Å².